The molecule has 3 fully saturated rings. The van der Waals surface area contributed by atoms with Crippen molar-refractivity contribution < 1.29 is 4.74 Å². The van der Waals surface area contributed by atoms with Crippen molar-refractivity contribution in [3.63, 3.8) is 0 Å². The minimum absolute atomic E-state index is 0.479. The molecule has 104 valence electrons. The molecule has 3 nitrogen and oxygen atoms in total. The van der Waals surface area contributed by atoms with Crippen LogP contribution in [0.15, 0.2) is 0 Å². The molecule has 0 bridgehead atoms. The van der Waals surface area contributed by atoms with Crippen molar-refractivity contribution in [3.05, 3.63) is 0 Å². The first-order valence-corrected chi connectivity index (χ1v) is 7.87. The van der Waals surface area contributed by atoms with Crippen molar-refractivity contribution in [1.29, 1.82) is 0 Å². The number of likely N-dealkylation sites (N-methyl/N-ethyl adjacent to an activating group) is 1. The Balaban J connectivity index is 1.30. The summed E-state index contributed by atoms with van der Waals surface area (Å²) in [5, 5.41) is 3.58. The molecule has 0 radical (unpaired) electrons. The quantitative estimate of drug-likeness (QED) is 0.750. The third kappa shape index (κ3) is 3.69. The zero-order valence-electron chi connectivity index (χ0n) is 11.7. The van der Waals surface area contributed by atoms with Gasteiger partial charge in [-0.3, -0.25) is 0 Å². The van der Waals surface area contributed by atoms with E-state index in [0.717, 1.165) is 25.0 Å². The van der Waals surface area contributed by atoms with Gasteiger partial charge in [0.2, 0.25) is 0 Å². The second-order valence-corrected chi connectivity index (χ2v) is 6.66. The van der Waals surface area contributed by atoms with Gasteiger partial charge in [0.1, 0.15) is 0 Å². The van der Waals surface area contributed by atoms with Crippen LogP contribution in [0.4, 0.5) is 0 Å². The van der Waals surface area contributed by atoms with Crippen LogP contribution in [-0.2, 0) is 4.74 Å². The number of hydrogen-bond donors (Lipinski definition) is 1. The van der Waals surface area contributed by atoms with Gasteiger partial charge in [0.15, 0.2) is 0 Å². The number of ether oxygens (including phenoxy) is 1. The maximum absolute atomic E-state index is 6.14. The maximum Gasteiger partial charge on any atom is 0.0707 e. The van der Waals surface area contributed by atoms with Gasteiger partial charge in [-0.15, -0.1) is 0 Å². The molecule has 1 N–H and O–H groups in total. The van der Waals surface area contributed by atoms with Crippen LogP contribution in [0, 0.1) is 5.92 Å². The van der Waals surface area contributed by atoms with E-state index in [-0.39, 0.29) is 0 Å². The van der Waals surface area contributed by atoms with Gasteiger partial charge >= 0.3 is 0 Å². The monoisotopic (exact) mass is 252 g/mol. The summed E-state index contributed by atoms with van der Waals surface area (Å²) in [5.41, 5.74) is 0. The lowest BCUT2D eigenvalue weighted by Gasteiger charge is -2.31. The minimum Gasteiger partial charge on any atom is -0.372 e. The summed E-state index contributed by atoms with van der Waals surface area (Å²) in [6.07, 6.45) is 10.6. The van der Waals surface area contributed by atoms with Gasteiger partial charge in [-0.2, -0.15) is 0 Å². The fraction of sp³-hybridized carbons (Fsp3) is 1.00. The van der Waals surface area contributed by atoms with Crippen LogP contribution in [0.3, 0.4) is 0 Å². The van der Waals surface area contributed by atoms with Gasteiger partial charge < -0.3 is 15.0 Å². The highest BCUT2D eigenvalue weighted by Crippen LogP contribution is 2.27. The Labute approximate surface area is 111 Å². The fourth-order valence-corrected chi connectivity index (χ4v) is 3.19. The largest absolute Gasteiger partial charge is 0.372 e. The van der Waals surface area contributed by atoms with Crippen molar-refractivity contribution in [2.75, 3.05) is 26.7 Å². The molecule has 1 saturated heterocycles. The second kappa shape index (κ2) is 5.89. The lowest BCUT2D eigenvalue weighted by Crippen LogP contribution is -2.36. The molecule has 18 heavy (non-hydrogen) atoms. The highest BCUT2D eigenvalue weighted by molar-refractivity contribution is 4.84. The Hall–Kier alpha value is -0.120. The first-order chi connectivity index (χ1) is 8.79. The van der Waals surface area contributed by atoms with Crippen molar-refractivity contribution in [1.82, 2.24) is 10.2 Å². The predicted molar refractivity (Wildman–Crippen MR) is 73.8 cm³/mol. The topological polar surface area (TPSA) is 24.5 Å². The average Bonchev–Trinajstić information content (AvgIpc) is 3.03. The molecule has 1 heterocycles. The van der Waals surface area contributed by atoms with Gasteiger partial charge in [0.25, 0.3) is 0 Å². The van der Waals surface area contributed by atoms with E-state index in [9.17, 15) is 0 Å². The zero-order valence-corrected chi connectivity index (χ0v) is 11.7. The van der Waals surface area contributed by atoms with Crippen LogP contribution in [-0.4, -0.2) is 49.8 Å². The van der Waals surface area contributed by atoms with Gasteiger partial charge in [0.05, 0.1) is 12.2 Å². The van der Waals surface area contributed by atoms with Crippen LogP contribution in [0.25, 0.3) is 0 Å². The van der Waals surface area contributed by atoms with E-state index < -0.39 is 0 Å². The van der Waals surface area contributed by atoms with E-state index in [0.29, 0.717) is 12.2 Å². The Morgan fingerprint density at radius 1 is 1.00 bits per heavy atom. The standard InChI is InChI=1S/C15H28N2O/c1-17(10-12-3-2-4-12)11-15-8-7-14(18-15)9-16-13-5-6-13/h12-16H,2-11H2,1H3. The van der Waals surface area contributed by atoms with E-state index in [1.165, 1.54) is 51.5 Å². The number of rotatable bonds is 7. The van der Waals surface area contributed by atoms with Crippen molar-refractivity contribution in [3.8, 4) is 0 Å². The molecule has 2 aliphatic carbocycles. The van der Waals surface area contributed by atoms with Crippen LogP contribution < -0.4 is 5.32 Å². The van der Waals surface area contributed by atoms with Crippen molar-refractivity contribution >= 4 is 0 Å². The Bertz CT molecular complexity index is 263. The van der Waals surface area contributed by atoms with Gasteiger partial charge in [-0.25, -0.2) is 0 Å². The Kier molecular flexibility index (Phi) is 4.22. The van der Waals surface area contributed by atoms with Crippen LogP contribution in [0.1, 0.15) is 44.9 Å². The average molecular weight is 252 g/mol. The van der Waals surface area contributed by atoms with E-state index in [1.54, 1.807) is 0 Å². The van der Waals surface area contributed by atoms with Crippen LogP contribution in [0.2, 0.25) is 0 Å². The molecule has 3 rings (SSSR count). The summed E-state index contributed by atoms with van der Waals surface area (Å²) in [4.78, 5) is 2.49. The van der Waals surface area contributed by atoms with Crippen molar-refractivity contribution in [2.45, 2.75) is 63.2 Å². The number of nitrogens with one attached hydrogen (secondary N) is 1. The Morgan fingerprint density at radius 3 is 2.44 bits per heavy atom. The molecule has 0 aromatic heterocycles. The van der Waals surface area contributed by atoms with Gasteiger partial charge in [-0.1, -0.05) is 6.42 Å². The lowest BCUT2D eigenvalue weighted by molar-refractivity contribution is 0.0232. The highest BCUT2D eigenvalue weighted by Gasteiger charge is 2.29. The number of hydrogen-bond acceptors (Lipinski definition) is 3. The fourth-order valence-electron chi connectivity index (χ4n) is 3.19. The molecule has 3 aliphatic rings. The maximum atomic E-state index is 6.14. The summed E-state index contributed by atoms with van der Waals surface area (Å²) < 4.78 is 6.14. The van der Waals surface area contributed by atoms with Gasteiger partial charge in [-0.05, 0) is 51.5 Å². The molecule has 2 unspecified atom stereocenters. The molecule has 0 aromatic carbocycles. The highest BCUT2D eigenvalue weighted by atomic mass is 16.5. The van der Waals surface area contributed by atoms with Gasteiger partial charge in [0, 0.05) is 25.7 Å². The van der Waals surface area contributed by atoms with Crippen LogP contribution in [0.5, 0.6) is 0 Å². The summed E-state index contributed by atoms with van der Waals surface area (Å²) in [6.45, 7) is 3.49. The minimum atomic E-state index is 0.479. The van der Waals surface area contributed by atoms with E-state index in [2.05, 4.69) is 17.3 Å². The third-order valence-corrected chi connectivity index (χ3v) is 4.72. The lowest BCUT2D eigenvalue weighted by atomic mass is 9.85. The smallest absolute Gasteiger partial charge is 0.0707 e. The van der Waals surface area contributed by atoms with E-state index in [4.69, 9.17) is 4.74 Å². The molecular formula is C15H28N2O. The summed E-state index contributed by atoms with van der Waals surface area (Å²) >= 11 is 0. The summed E-state index contributed by atoms with van der Waals surface area (Å²) in [7, 11) is 2.26. The molecule has 0 spiro atoms. The summed E-state index contributed by atoms with van der Waals surface area (Å²) in [6, 6.07) is 0.814. The summed E-state index contributed by atoms with van der Waals surface area (Å²) in [5.74, 6) is 0.976. The first kappa shape index (κ1) is 12.9. The van der Waals surface area contributed by atoms with Crippen LogP contribution >= 0.6 is 0 Å². The van der Waals surface area contributed by atoms with E-state index >= 15 is 0 Å². The van der Waals surface area contributed by atoms with E-state index in [1.807, 2.05) is 0 Å². The predicted octanol–water partition coefficient (Wildman–Crippen LogP) is 2.02. The molecule has 1 aliphatic heterocycles. The Morgan fingerprint density at radius 2 is 1.78 bits per heavy atom. The molecule has 0 amide bonds. The zero-order chi connectivity index (χ0) is 12.4. The number of nitrogens with zero attached hydrogens (tertiary/aromatic N) is 1. The SMILES string of the molecule is CN(CC1CCC1)CC1CCC(CNC2CC2)O1. The molecule has 2 atom stereocenters. The molecule has 2 saturated carbocycles. The third-order valence-electron chi connectivity index (χ3n) is 4.72. The second-order valence-electron chi connectivity index (χ2n) is 6.66. The normalized spacial score (nSPS) is 33.0. The first-order valence-electron chi connectivity index (χ1n) is 7.87. The molecular weight excluding hydrogens is 224 g/mol. The molecule has 0 aromatic rings. The van der Waals surface area contributed by atoms with Crippen molar-refractivity contribution in [2.24, 2.45) is 5.92 Å². The molecule has 3 heteroatoms.